The van der Waals surface area contributed by atoms with E-state index in [4.69, 9.17) is 32.5 Å². The first-order valence-corrected chi connectivity index (χ1v) is 12.2. The SMILES string of the molecule is COCCOc1cc2cc(C3=[NH+]CC(CC(=O)NCCO)S3)[nH]c2c(N)c1-c1ccc[nH]c1=S. The number of ether oxygens (including phenoxy) is 2. The van der Waals surface area contributed by atoms with Crippen LogP contribution in [0.2, 0.25) is 0 Å². The van der Waals surface area contributed by atoms with Gasteiger partial charge in [-0.15, -0.1) is 0 Å². The van der Waals surface area contributed by atoms with Gasteiger partial charge in [-0.2, -0.15) is 0 Å². The number of methoxy groups -OCH3 is 1. The summed E-state index contributed by atoms with van der Waals surface area (Å²) in [6.45, 7) is 1.70. The fraction of sp³-hybridized carbons (Fsp3) is 0.348. The molecule has 0 saturated carbocycles. The van der Waals surface area contributed by atoms with E-state index in [1.54, 1.807) is 25.1 Å². The molecule has 0 saturated heterocycles. The molecule has 1 aromatic carbocycles. The molecule has 2 aromatic heterocycles. The van der Waals surface area contributed by atoms with Crippen molar-refractivity contribution < 1.29 is 24.4 Å². The van der Waals surface area contributed by atoms with Gasteiger partial charge in [0, 0.05) is 37.2 Å². The first kappa shape index (κ1) is 24.3. The third-order valence-corrected chi connectivity index (χ3v) is 7.02. The zero-order chi connectivity index (χ0) is 24.1. The molecule has 180 valence electrons. The minimum absolute atomic E-state index is 0.0667. The summed E-state index contributed by atoms with van der Waals surface area (Å²) in [5, 5.41) is 13.5. The Hall–Kier alpha value is -2.86. The first-order valence-electron chi connectivity index (χ1n) is 10.9. The van der Waals surface area contributed by atoms with Crippen LogP contribution in [0.15, 0.2) is 30.5 Å². The van der Waals surface area contributed by atoms with Crippen LogP contribution in [0.4, 0.5) is 5.69 Å². The van der Waals surface area contributed by atoms with Gasteiger partial charge in [0.05, 0.1) is 35.2 Å². The van der Waals surface area contributed by atoms with E-state index in [1.165, 1.54) is 0 Å². The number of carbonyl (C=O) groups is 1. The Morgan fingerprint density at radius 1 is 1.41 bits per heavy atom. The number of pyridine rings is 1. The molecule has 7 N–H and O–H groups in total. The van der Waals surface area contributed by atoms with Crippen molar-refractivity contribution in [1.82, 2.24) is 15.3 Å². The number of carbonyl (C=O) groups excluding carboxylic acids is 1. The van der Waals surface area contributed by atoms with E-state index in [1.807, 2.05) is 24.3 Å². The highest BCUT2D eigenvalue weighted by Crippen LogP contribution is 2.41. The maximum Gasteiger partial charge on any atom is 0.257 e. The van der Waals surface area contributed by atoms with Gasteiger partial charge < -0.3 is 35.6 Å². The predicted octanol–water partition coefficient (Wildman–Crippen LogP) is 0.941. The molecule has 9 nitrogen and oxygen atoms in total. The number of hydrogen-bond acceptors (Lipinski definition) is 7. The molecule has 0 fully saturated rings. The number of aliphatic hydroxyl groups excluding tert-OH is 1. The van der Waals surface area contributed by atoms with Gasteiger partial charge in [0.15, 0.2) is 6.54 Å². The number of fused-ring (bicyclic) bond motifs is 1. The Bertz CT molecular complexity index is 1270. The van der Waals surface area contributed by atoms with Gasteiger partial charge >= 0.3 is 0 Å². The first-order chi connectivity index (χ1) is 16.5. The number of benzene rings is 1. The van der Waals surface area contributed by atoms with Crippen molar-refractivity contribution in [1.29, 1.82) is 0 Å². The molecular formula is C23H28N5O4S2+. The summed E-state index contributed by atoms with van der Waals surface area (Å²) in [5.41, 5.74) is 10.4. The fourth-order valence-corrected chi connectivity index (χ4v) is 5.23. The van der Waals surface area contributed by atoms with Crippen molar-refractivity contribution in [2.45, 2.75) is 11.7 Å². The molecule has 0 radical (unpaired) electrons. The number of H-pyrrole nitrogens is 2. The number of nitrogens with two attached hydrogens (primary N) is 1. The van der Waals surface area contributed by atoms with Crippen LogP contribution in [0.1, 0.15) is 12.1 Å². The number of aliphatic hydroxyl groups is 1. The lowest BCUT2D eigenvalue weighted by molar-refractivity contribution is -0.448. The van der Waals surface area contributed by atoms with E-state index in [2.05, 4.69) is 20.3 Å². The van der Waals surface area contributed by atoms with Crippen LogP contribution in [-0.2, 0) is 9.53 Å². The predicted molar refractivity (Wildman–Crippen MR) is 137 cm³/mol. The molecule has 1 amide bonds. The second-order valence-electron chi connectivity index (χ2n) is 7.79. The molecule has 3 aromatic rings. The minimum Gasteiger partial charge on any atom is -0.490 e. The zero-order valence-electron chi connectivity index (χ0n) is 18.8. The van der Waals surface area contributed by atoms with E-state index in [9.17, 15) is 4.79 Å². The Morgan fingerprint density at radius 3 is 3.03 bits per heavy atom. The molecule has 0 aliphatic carbocycles. The van der Waals surface area contributed by atoms with Crippen LogP contribution < -0.4 is 20.8 Å². The molecular weight excluding hydrogens is 474 g/mol. The number of aromatic amines is 2. The number of nitrogens with one attached hydrogen (secondary N) is 4. The highest BCUT2D eigenvalue weighted by atomic mass is 32.2. The van der Waals surface area contributed by atoms with E-state index in [0.717, 1.165) is 32.8 Å². The lowest BCUT2D eigenvalue weighted by Gasteiger charge is -2.15. The maximum absolute atomic E-state index is 12.0. The highest BCUT2D eigenvalue weighted by Gasteiger charge is 2.30. The van der Waals surface area contributed by atoms with Gasteiger partial charge in [0.2, 0.25) is 5.91 Å². The van der Waals surface area contributed by atoms with Crippen LogP contribution in [0.25, 0.3) is 22.0 Å². The van der Waals surface area contributed by atoms with Crippen molar-refractivity contribution in [3.63, 3.8) is 0 Å². The van der Waals surface area contributed by atoms with Gasteiger partial charge in [-0.05, 0) is 36.0 Å². The van der Waals surface area contributed by atoms with E-state index in [-0.39, 0.29) is 24.3 Å². The van der Waals surface area contributed by atoms with Gasteiger partial charge in [0.1, 0.15) is 22.7 Å². The molecule has 0 bridgehead atoms. The Labute approximate surface area is 206 Å². The van der Waals surface area contributed by atoms with Crippen LogP contribution in [-0.4, -0.2) is 71.3 Å². The lowest BCUT2D eigenvalue weighted by Crippen LogP contribution is -2.70. The standard InChI is InChI=1S/C23H27N5O4S2/c1-31-7-8-32-17-10-13-9-16(23-27-12-14(34-23)11-18(30)25-5-6-29)28-21(13)20(24)19(17)15-3-2-4-26-22(15)33/h2-4,9-10,14,28-29H,5-8,11-12,24H2,1H3,(H,25,30)(H,26,33)/p+1. The largest absolute Gasteiger partial charge is 0.490 e. The Balaban J connectivity index is 1.65. The molecule has 4 rings (SSSR count). The van der Waals surface area contributed by atoms with Crippen LogP contribution in [0.5, 0.6) is 5.75 Å². The number of thioether (sulfide) groups is 1. The summed E-state index contributed by atoms with van der Waals surface area (Å²) in [7, 11) is 1.63. The summed E-state index contributed by atoms with van der Waals surface area (Å²) in [6.07, 6.45) is 2.15. The molecule has 1 aliphatic heterocycles. The topological polar surface area (TPSA) is 139 Å². The van der Waals surface area contributed by atoms with Crippen molar-refractivity contribution >= 4 is 51.5 Å². The number of hydrogen-bond donors (Lipinski definition) is 6. The third kappa shape index (κ3) is 5.27. The van der Waals surface area contributed by atoms with Crippen LogP contribution >= 0.6 is 24.0 Å². The second-order valence-corrected chi connectivity index (χ2v) is 9.51. The van der Waals surface area contributed by atoms with E-state index < -0.39 is 0 Å². The molecule has 1 atom stereocenters. The van der Waals surface area contributed by atoms with Gasteiger partial charge in [0.25, 0.3) is 5.04 Å². The average molecular weight is 503 g/mol. The molecule has 11 heteroatoms. The van der Waals surface area contributed by atoms with Crippen molar-refractivity contribution in [2.75, 3.05) is 45.8 Å². The summed E-state index contributed by atoms with van der Waals surface area (Å²) in [6, 6.07) is 7.77. The van der Waals surface area contributed by atoms with Crippen LogP contribution in [0, 0.1) is 4.64 Å². The molecule has 34 heavy (non-hydrogen) atoms. The molecule has 3 heterocycles. The van der Waals surface area contributed by atoms with Crippen molar-refractivity contribution in [3.05, 3.63) is 40.8 Å². The summed E-state index contributed by atoms with van der Waals surface area (Å²) in [5.74, 6) is 0.561. The second kappa shape index (κ2) is 11.0. The fourth-order valence-electron chi connectivity index (χ4n) is 3.85. The zero-order valence-corrected chi connectivity index (χ0v) is 20.4. The number of aromatic nitrogens is 2. The number of nitrogen functional groups attached to an aromatic ring is 1. The quantitative estimate of drug-likeness (QED) is 0.138. The summed E-state index contributed by atoms with van der Waals surface area (Å²) >= 11 is 7.12. The average Bonchev–Trinajstić information content (AvgIpc) is 3.46. The smallest absolute Gasteiger partial charge is 0.257 e. The lowest BCUT2D eigenvalue weighted by atomic mass is 10.0. The number of amides is 1. The van der Waals surface area contributed by atoms with E-state index >= 15 is 0 Å². The Morgan fingerprint density at radius 2 is 2.26 bits per heavy atom. The summed E-state index contributed by atoms with van der Waals surface area (Å²) < 4.78 is 11.7. The summed E-state index contributed by atoms with van der Waals surface area (Å²) in [4.78, 5) is 21.9. The molecule has 1 aliphatic rings. The number of anilines is 1. The monoisotopic (exact) mass is 502 g/mol. The van der Waals surface area contributed by atoms with Crippen LogP contribution in [0.3, 0.4) is 0 Å². The third-order valence-electron chi connectivity index (χ3n) is 5.42. The maximum atomic E-state index is 12.0. The normalized spacial score (nSPS) is 15.5. The molecule has 1 unspecified atom stereocenters. The Kier molecular flexibility index (Phi) is 7.88. The minimum atomic E-state index is -0.0719. The van der Waals surface area contributed by atoms with Crippen molar-refractivity contribution in [3.8, 4) is 16.9 Å². The van der Waals surface area contributed by atoms with Crippen molar-refractivity contribution in [2.24, 2.45) is 0 Å². The van der Waals surface area contributed by atoms with Gasteiger partial charge in [-0.1, -0.05) is 12.2 Å². The van der Waals surface area contributed by atoms with Gasteiger partial charge in [-0.25, -0.2) is 4.99 Å². The highest BCUT2D eigenvalue weighted by molar-refractivity contribution is 8.14. The number of rotatable bonds is 10. The van der Waals surface area contributed by atoms with Gasteiger partial charge in [-0.3, -0.25) is 4.79 Å². The van der Waals surface area contributed by atoms with E-state index in [0.29, 0.717) is 42.3 Å². The molecule has 0 spiro atoms.